The molecule has 1 aliphatic rings. The molecule has 0 saturated carbocycles. The van der Waals surface area contributed by atoms with Gasteiger partial charge in [0.2, 0.25) is 0 Å². The van der Waals surface area contributed by atoms with Crippen LogP contribution in [0.5, 0.6) is 5.75 Å². The molecule has 2 rings (SSSR count). The van der Waals surface area contributed by atoms with Crippen molar-refractivity contribution < 1.29 is 9.47 Å². The number of hydrogen-bond acceptors (Lipinski definition) is 4. The number of hydrogen-bond donors (Lipinski definition) is 2. The maximum atomic E-state index is 5.96. The highest BCUT2D eigenvalue weighted by atomic mass is 16.5. The summed E-state index contributed by atoms with van der Waals surface area (Å²) in [4.78, 5) is 0. The van der Waals surface area contributed by atoms with Gasteiger partial charge in [-0.2, -0.15) is 0 Å². The highest BCUT2D eigenvalue weighted by Gasteiger charge is 2.36. The fraction of sp³-hybridized carbons (Fsp3) is 0.571. The lowest BCUT2D eigenvalue weighted by Crippen LogP contribution is -2.56. The molecule has 1 saturated heterocycles. The highest BCUT2D eigenvalue weighted by Crippen LogP contribution is 2.32. The van der Waals surface area contributed by atoms with Crippen LogP contribution in [0.15, 0.2) is 18.2 Å². The lowest BCUT2D eigenvalue weighted by atomic mass is 9.89. The minimum Gasteiger partial charge on any atom is -0.495 e. The van der Waals surface area contributed by atoms with Gasteiger partial charge < -0.3 is 20.5 Å². The first-order chi connectivity index (χ1) is 8.36. The summed E-state index contributed by atoms with van der Waals surface area (Å²) in [5.74, 6) is 0.708. The molecule has 1 atom stereocenters. The van der Waals surface area contributed by atoms with Gasteiger partial charge in [0.1, 0.15) is 5.75 Å². The van der Waals surface area contributed by atoms with Gasteiger partial charge in [0, 0.05) is 6.54 Å². The number of nitrogens with two attached hydrogens (primary N) is 1. The summed E-state index contributed by atoms with van der Waals surface area (Å²) in [5.41, 5.74) is 7.42. The van der Waals surface area contributed by atoms with Crippen LogP contribution in [0.1, 0.15) is 26.3 Å². The van der Waals surface area contributed by atoms with Gasteiger partial charge in [0.15, 0.2) is 0 Å². The number of rotatable bonds is 2. The van der Waals surface area contributed by atoms with Crippen LogP contribution in [0.25, 0.3) is 0 Å². The van der Waals surface area contributed by atoms with E-state index in [0.717, 1.165) is 12.1 Å². The molecule has 0 spiro atoms. The summed E-state index contributed by atoms with van der Waals surface area (Å²) in [6, 6.07) is 5.88. The molecule has 4 heteroatoms. The number of morpholine rings is 1. The van der Waals surface area contributed by atoms with Crippen molar-refractivity contribution >= 4 is 5.69 Å². The zero-order valence-electron chi connectivity index (χ0n) is 11.5. The van der Waals surface area contributed by atoms with Crippen LogP contribution < -0.4 is 15.8 Å². The molecule has 0 bridgehead atoms. The Kier molecular flexibility index (Phi) is 3.25. The third kappa shape index (κ3) is 2.44. The number of ether oxygens (including phenoxy) is 2. The number of nitrogen functional groups attached to an aromatic ring is 1. The summed E-state index contributed by atoms with van der Waals surface area (Å²) < 4.78 is 11.1. The second kappa shape index (κ2) is 4.44. The molecule has 18 heavy (non-hydrogen) atoms. The lowest BCUT2D eigenvalue weighted by molar-refractivity contribution is -0.0847. The first kappa shape index (κ1) is 13.2. The summed E-state index contributed by atoms with van der Waals surface area (Å²) in [6.45, 7) is 7.74. The van der Waals surface area contributed by atoms with Crippen molar-refractivity contribution in [3.8, 4) is 5.75 Å². The topological polar surface area (TPSA) is 56.5 Å². The van der Waals surface area contributed by atoms with Crippen LogP contribution in [0.4, 0.5) is 5.69 Å². The maximum absolute atomic E-state index is 5.96. The van der Waals surface area contributed by atoms with Gasteiger partial charge in [-0.3, -0.25) is 0 Å². The normalized spacial score (nSPS) is 26.9. The average Bonchev–Trinajstić information content (AvgIpc) is 2.33. The van der Waals surface area contributed by atoms with E-state index in [0.29, 0.717) is 18.0 Å². The average molecular weight is 250 g/mol. The minimum atomic E-state index is -0.199. The first-order valence-electron chi connectivity index (χ1n) is 6.19. The Morgan fingerprint density at radius 3 is 2.56 bits per heavy atom. The van der Waals surface area contributed by atoms with Crippen molar-refractivity contribution in [2.24, 2.45) is 0 Å². The molecule has 0 radical (unpaired) electrons. The van der Waals surface area contributed by atoms with Crippen molar-refractivity contribution in [1.29, 1.82) is 0 Å². The molecule has 1 unspecified atom stereocenters. The Morgan fingerprint density at radius 1 is 1.33 bits per heavy atom. The zero-order chi connectivity index (χ0) is 13.4. The molecule has 4 nitrogen and oxygen atoms in total. The Labute approximate surface area is 108 Å². The van der Waals surface area contributed by atoms with Crippen molar-refractivity contribution in [2.75, 3.05) is 26.0 Å². The number of anilines is 1. The molecular weight excluding hydrogens is 228 g/mol. The monoisotopic (exact) mass is 250 g/mol. The van der Waals surface area contributed by atoms with Gasteiger partial charge in [-0.15, -0.1) is 0 Å². The summed E-state index contributed by atoms with van der Waals surface area (Å²) in [6.07, 6.45) is 0. The third-order valence-electron chi connectivity index (χ3n) is 3.52. The molecule has 0 amide bonds. The summed E-state index contributed by atoms with van der Waals surface area (Å²) >= 11 is 0. The van der Waals surface area contributed by atoms with Crippen LogP contribution in [0, 0.1) is 0 Å². The number of nitrogens with one attached hydrogen (secondary N) is 1. The molecule has 1 aliphatic heterocycles. The fourth-order valence-corrected chi connectivity index (χ4v) is 2.11. The summed E-state index contributed by atoms with van der Waals surface area (Å²) in [5, 5.41) is 3.55. The van der Waals surface area contributed by atoms with E-state index >= 15 is 0 Å². The first-order valence-corrected chi connectivity index (χ1v) is 6.19. The molecule has 3 N–H and O–H groups in total. The molecular formula is C14H22N2O2. The standard InChI is InChI=1S/C14H22N2O2/c1-13(2)8-16-14(3,9-18-13)10-5-6-12(17-4)11(15)7-10/h5-7,16H,8-9,15H2,1-4H3. The fourth-order valence-electron chi connectivity index (χ4n) is 2.11. The molecule has 0 aromatic heterocycles. The summed E-state index contributed by atoms with van der Waals surface area (Å²) in [7, 11) is 1.62. The highest BCUT2D eigenvalue weighted by molar-refractivity contribution is 5.55. The van der Waals surface area contributed by atoms with Crippen LogP contribution >= 0.6 is 0 Å². The molecule has 1 fully saturated rings. The van der Waals surface area contributed by atoms with Gasteiger partial charge in [0.25, 0.3) is 0 Å². The van der Waals surface area contributed by atoms with Crippen LogP contribution in [0.2, 0.25) is 0 Å². The van der Waals surface area contributed by atoms with Crippen molar-refractivity contribution in [2.45, 2.75) is 31.9 Å². The Hall–Kier alpha value is -1.26. The van der Waals surface area contributed by atoms with Crippen molar-refractivity contribution in [1.82, 2.24) is 5.32 Å². The van der Waals surface area contributed by atoms with E-state index in [2.05, 4.69) is 26.1 Å². The van der Waals surface area contributed by atoms with E-state index < -0.39 is 0 Å². The van der Waals surface area contributed by atoms with Gasteiger partial charge >= 0.3 is 0 Å². The lowest BCUT2D eigenvalue weighted by Gasteiger charge is -2.43. The van der Waals surface area contributed by atoms with Gasteiger partial charge in [-0.05, 0) is 38.5 Å². The van der Waals surface area contributed by atoms with Gasteiger partial charge in [-0.1, -0.05) is 6.07 Å². The maximum Gasteiger partial charge on any atom is 0.141 e. The Bertz CT molecular complexity index is 433. The third-order valence-corrected chi connectivity index (χ3v) is 3.52. The van der Waals surface area contributed by atoms with Crippen molar-refractivity contribution in [3.63, 3.8) is 0 Å². The SMILES string of the molecule is COc1ccc(C2(C)COC(C)(C)CN2)cc1N. The predicted octanol–water partition coefficient (Wildman–Crippen LogP) is 1.89. The zero-order valence-corrected chi connectivity index (χ0v) is 11.5. The van der Waals surface area contributed by atoms with Crippen LogP contribution in [-0.4, -0.2) is 25.9 Å². The largest absolute Gasteiger partial charge is 0.495 e. The quantitative estimate of drug-likeness (QED) is 0.787. The smallest absolute Gasteiger partial charge is 0.141 e. The van der Waals surface area contributed by atoms with Crippen molar-refractivity contribution in [3.05, 3.63) is 23.8 Å². The predicted molar refractivity (Wildman–Crippen MR) is 72.8 cm³/mol. The van der Waals surface area contributed by atoms with E-state index in [4.69, 9.17) is 15.2 Å². The molecule has 1 aromatic carbocycles. The molecule has 1 aromatic rings. The Balaban J connectivity index is 2.23. The van der Waals surface area contributed by atoms with Crippen LogP contribution in [0.3, 0.4) is 0 Å². The second-order valence-corrected chi connectivity index (χ2v) is 5.69. The van der Waals surface area contributed by atoms with E-state index in [9.17, 15) is 0 Å². The van der Waals surface area contributed by atoms with E-state index in [1.165, 1.54) is 0 Å². The second-order valence-electron chi connectivity index (χ2n) is 5.69. The van der Waals surface area contributed by atoms with Gasteiger partial charge in [-0.25, -0.2) is 0 Å². The molecule has 0 aliphatic carbocycles. The van der Waals surface area contributed by atoms with E-state index in [1.54, 1.807) is 7.11 Å². The number of methoxy groups -OCH3 is 1. The van der Waals surface area contributed by atoms with E-state index in [1.807, 2.05) is 18.2 Å². The number of benzene rings is 1. The molecule has 100 valence electrons. The van der Waals surface area contributed by atoms with E-state index in [-0.39, 0.29) is 11.1 Å². The van der Waals surface area contributed by atoms with Crippen LogP contribution in [-0.2, 0) is 10.3 Å². The van der Waals surface area contributed by atoms with Gasteiger partial charge in [0.05, 0.1) is 30.5 Å². The Morgan fingerprint density at radius 2 is 2.06 bits per heavy atom. The minimum absolute atomic E-state index is 0.114. The molecule has 1 heterocycles.